The molecule has 1 saturated heterocycles. The zero-order chi connectivity index (χ0) is 18.7. The summed E-state index contributed by atoms with van der Waals surface area (Å²) >= 11 is 0. The van der Waals surface area contributed by atoms with Gasteiger partial charge in [0.2, 0.25) is 0 Å². The van der Waals surface area contributed by atoms with Crippen molar-refractivity contribution in [3.8, 4) is 12.5 Å². The van der Waals surface area contributed by atoms with Crippen molar-refractivity contribution in [2.45, 2.75) is 46.0 Å². The molecule has 2 aliphatic carbocycles. The molecule has 3 aliphatic rings. The molecule has 0 saturated carbocycles. The standard InChI is InChI=1S/C19H20N4O3/c1-3-14-5-7-16(9-18(14)26-11-21)23-12-22(19(23)24)15-6-4-13(2)17(8-15)25-10-20/h8-9H,3-7,12H2,1-2H3. The first-order chi connectivity index (χ1) is 12.6. The topological polar surface area (TPSA) is 89.6 Å². The zero-order valence-electron chi connectivity index (χ0n) is 14.9. The van der Waals surface area contributed by atoms with Crippen molar-refractivity contribution < 1.29 is 14.3 Å². The first kappa shape index (κ1) is 17.6. The highest BCUT2D eigenvalue weighted by atomic mass is 16.5. The fraction of sp³-hybridized carbons (Fsp3) is 0.421. The van der Waals surface area contributed by atoms with Gasteiger partial charge in [-0.2, -0.15) is 0 Å². The summed E-state index contributed by atoms with van der Waals surface area (Å²) in [5, 5.41) is 17.5. The van der Waals surface area contributed by atoms with Crippen molar-refractivity contribution in [1.82, 2.24) is 9.80 Å². The molecule has 0 aromatic carbocycles. The molecule has 0 N–H and O–H groups in total. The summed E-state index contributed by atoms with van der Waals surface area (Å²) in [6.45, 7) is 4.40. The molecule has 1 aliphatic heterocycles. The van der Waals surface area contributed by atoms with Gasteiger partial charge in [-0.1, -0.05) is 6.92 Å². The number of allylic oxidation sites excluding steroid dienone is 6. The van der Waals surface area contributed by atoms with Gasteiger partial charge in [-0.15, -0.1) is 10.5 Å². The van der Waals surface area contributed by atoms with E-state index in [0.717, 1.165) is 54.6 Å². The van der Waals surface area contributed by atoms with E-state index < -0.39 is 0 Å². The summed E-state index contributed by atoms with van der Waals surface area (Å²) in [6, 6.07) is -0.102. The molecule has 7 heteroatoms. The minimum absolute atomic E-state index is 0.102. The number of hydrogen-bond donors (Lipinski definition) is 0. The third kappa shape index (κ3) is 3.16. The predicted octanol–water partition coefficient (Wildman–Crippen LogP) is 3.97. The monoisotopic (exact) mass is 352 g/mol. The molecule has 0 aromatic rings. The highest BCUT2D eigenvalue weighted by molar-refractivity contribution is 5.83. The zero-order valence-corrected chi connectivity index (χ0v) is 14.9. The van der Waals surface area contributed by atoms with Crippen LogP contribution in [0.5, 0.6) is 0 Å². The summed E-state index contributed by atoms with van der Waals surface area (Å²) in [5.41, 5.74) is 3.82. The average Bonchev–Trinajstić information content (AvgIpc) is 2.64. The minimum Gasteiger partial charge on any atom is -0.388 e. The second-order valence-electron chi connectivity index (χ2n) is 6.40. The van der Waals surface area contributed by atoms with Gasteiger partial charge in [0.15, 0.2) is 0 Å². The van der Waals surface area contributed by atoms with Crippen LogP contribution >= 0.6 is 0 Å². The predicted molar refractivity (Wildman–Crippen MR) is 92.0 cm³/mol. The Bertz CT molecular complexity index is 836. The van der Waals surface area contributed by atoms with Crippen molar-refractivity contribution in [1.29, 1.82) is 10.5 Å². The normalized spacial score (nSPS) is 20.1. The van der Waals surface area contributed by atoms with Crippen molar-refractivity contribution >= 4 is 6.03 Å². The fourth-order valence-electron chi connectivity index (χ4n) is 3.36. The summed E-state index contributed by atoms with van der Waals surface area (Å²) in [7, 11) is 0. The lowest BCUT2D eigenvalue weighted by Crippen LogP contribution is -2.58. The quantitative estimate of drug-likeness (QED) is 0.698. The van der Waals surface area contributed by atoms with Crippen LogP contribution < -0.4 is 0 Å². The summed E-state index contributed by atoms with van der Waals surface area (Å²) in [5.74, 6) is 1.08. The third-order valence-electron chi connectivity index (χ3n) is 4.98. The van der Waals surface area contributed by atoms with E-state index in [2.05, 4.69) is 0 Å². The Labute approximate surface area is 152 Å². The molecule has 7 nitrogen and oxygen atoms in total. The average molecular weight is 352 g/mol. The molecule has 0 bridgehead atoms. The lowest BCUT2D eigenvalue weighted by Gasteiger charge is -2.45. The SMILES string of the molecule is CCC1=C(OC#N)C=C(N2CN(C3=CC(OC#N)=C(C)CC3)C2=O)CC1. The van der Waals surface area contributed by atoms with Gasteiger partial charge in [0.25, 0.3) is 12.5 Å². The minimum atomic E-state index is -0.102. The fourth-order valence-corrected chi connectivity index (χ4v) is 3.36. The van der Waals surface area contributed by atoms with E-state index in [0.29, 0.717) is 18.2 Å². The van der Waals surface area contributed by atoms with Crippen molar-refractivity contribution in [2.24, 2.45) is 0 Å². The lowest BCUT2D eigenvalue weighted by atomic mass is 9.97. The number of nitriles is 2. The maximum Gasteiger partial charge on any atom is 0.331 e. The van der Waals surface area contributed by atoms with Crippen molar-refractivity contribution in [3.05, 3.63) is 46.2 Å². The number of carbonyl (C=O) groups excluding carboxylic acids is 1. The van der Waals surface area contributed by atoms with Gasteiger partial charge < -0.3 is 9.47 Å². The van der Waals surface area contributed by atoms with Crippen molar-refractivity contribution in [2.75, 3.05) is 6.67 Å². The smallest absolute Gasteiger partial charge is 0.331 e. The largest absolute Gasteiger partial charge is 0.388 e. The van der Waals surface area contributed by atoms with Gasteiger partial charge >= 0.3 is 6.03 Å². The molecule has 0 unspecified atom stereocenters. The molecule has 1 heterocycles. The van der Waals surface area contributed by atoms with Crippen LogP contribution in [-0.4, -0.2) is 22.5 Å². The molecule has 0 radical (unpaired) electrons. The van der Waals surface area contributed by atoms with Crippen molar-refractivity contribution in [3.63, 3.8) is 0 Å². The van der Waals surface area contributed by atoms with Crippen LogP contribution in [0.1, 0.15) is 46.0 Å². The number of urea groups is 1. The second kappa shape index (κ2) is 7.37. The molecular formula is C19H20N4O3. The number of nitrogens with zero attached hydrogens (tertiary/aromatic N) is 4. The van der Waals surface area contributed by atoms with Crippen LogP contribution in [0, 0.1) is 23.0 Å². The van der Waals surface area contributed by atoms with Gasteiger partial charge in [0.05, 0.1) is 0 Å². The summed E-state index contributed by atoms with van der Waals surface area (Å²) < 4.78 is 10.0. The van der Waals surface area contributed by atoms with Crippen LogP contribution in [0.15, 0.2) is 46.2 Å². The van der Waals surface area contributed by atoms with Gasteiger partial charge in [-0.25, -0.2) is 4.79 Å². The molecule has 134 valence electrons. The number of carbonyl (C=O) groups is 1. The molecular weight excluding hydrogens is 332 g/mol. The maximum atomic E-state index is 12.6. The van der Waals surface area contributed by atoms with Crippen LogP contribution in [0.2, 0.25) is 0 Å². The Kier molecular flexibility index (Phi) is 4.99. The van der Waals surface area contributed by atoms with Crippen LogP contribution in [-0.2, 0) is 9.47 Å². The highest BCUT2D eigenvalue weighted by Crippen LogP contribution is 2.35. The lowest BCUT2D eigenvalue weighted by molar-refractivity contribution is 0.0960. The molecule has 0 aromatic heterocycles. The Balaban J connectivity index is 1.74. The molecule has 0 spiro atoms. The molecule has 2 amide bonds. The first-order valence-corrected chi connectivity index (χ1v) is 8.62. The maximum absolute atomic E-state index is 12.6. The van der Waals surface area contributed by atoms with Crippen LogP contribution in [0.4, 0.5) is 4.79 Å². The van der Waals surface area contributed by atoms with E-state index in [9.17, 15) is 4.79 Å². The highest BCUT2D eigenvalue weighted by Gasteiger charge is 2.39. The van der Waals surface area contributed by atoms with Gasteiger partial charge in [0, 0.05) is 23.5 Å². The number of rotatable bonds is 5. The van der Waals surface area contributed by atoms with E-state index in [1.165, 1.54) is 0 Å². The second-order valence-corrected chi connectivity index (χ2v) is 6.40. The van der Waals surface area contributed by atoms with Crippen LogP contribution in [0.25, 0.3) is 0 Å². The molecule has 3 rings (SSSR count). The number of amides is 2. The Morgan fingerprint density at radius 1 is 1.00 bits per heavy atom. The number of ether oxygens (including phenoxy) is 2. The molecule has 26 heavy (non-hydrogen) atoms. The Hall–Kier alpha value is -3.19. The summed E-state index contributed by atoms with van der Waals surface area (Å²) in [6.07, 6.45) is 10.8. The Morgan fingerprint density at radius 2 is 1.58 bits per heavy atom. The van der Waals surface area contributed by atoms with Gasteiger partial charge in [-0.3, -0.25) is 9.80 Å². The van der Waals surface area contributed by atoms with Crippen LogP contribution in [0.3, 0.4) is 0 Å². The first-order valence-electron chi connectivity index (χ1n) is 8.62. The van der Waals surface area contributed by atoms with E-state index in [1.54, 1.807) is 34.5 Å². The molecule has 0 atom stereocenters. The molecule has 1 fully saturated rings. The van der Waals surface area contributed by atoms with E-state index >= 15 is 0 Å². The Morgan fingerprint density at radius 3 is 2.15 bits per heavy atom. The summed E-state index contributed by atoms with van der Waals surface area (Å²) in [4.78, 5) is 16.0. The van der Waals surface area contributed by atoms with E-state index in [-0.39, 0.29) is 6.03 Å². The number of hydrogen-bond acceptors (Lipinski definition) is 5. The van der Waals surface area contributed by atoms with Gasteiger partial charge in [0.1, 0.15) is 18.2 Å². The third-order valence-corrected chi connectivity index (χ3v) is 4.98. The van der Waals surface area contributed by atoms with E-state index in [1.807, 2.05) is 13.8 Å². The van der Waals surface area contributed by atoms with E-state index in [4.69, 9.17) is 20.0 Å². The van der Waals surface area contributed by atoms with Gasteiger partial charge in [-0.05, 0) is 50.2 Å².